The zero-order valence-corrected chi connectivity index (χ0v) is 29.2. The van der Waals surface area contributed by atoms with Crippen molar-refractivity contribution in [1.82, 2.24) is 40.1 Å². The van der Waals surface area contributed by atoms with Crippen molar-refractivity contribution < 1.29 is 40.2 Å². The average molecular weight is 717 g/mol. The normalized spacial score (nSPS) is 16.2. The van der Waals surface area contributed by atoms with Gasteiger partial charge in [-0.2, -0.15) is 0 Å². The van der Waals surface area contributed by atoms with Gasteiger partial charge in [0, 0.05) is 78.5 Å². The van der Waals surface area contributed by atoms with Crippen LogP contribution < -0.4 is 10.6 Å². The summed E-state index contributed by atoms with van der Waals surface area (Å²) in [7, 11) is 1.92. The number of nitrogens with zero attached hydrogens (tertiary/aromatic N) is 6. The molecule has 48 heavy (non-hydrogen) atoms. The maximum absolute atomic E-state index is 12.5. The molecule has 1 aliphatic heterocycles. The lowest BCUT2D eigenvalue weighted by molar-refractivity contribution is -0.144. The standard InChI is InChI=1S/C30H52N8O8S2/c1-34-9-11-37(25(27(43)44)5-7-31-29(47)35(13-17-39)14-18-40)21-23-3-2-4-24(33-23)22-38(12-10-34)26(28(45)46)6-8-32-30(48)36(15-19-41)16-20-42/h2-4,25-26,39-42H,5-22H2,1H3,(H,31,47)(H,32,48)(H,43,44)(H,45,46). The van der Waals surface area contributed by atoms with Crippen molar-refractivity contribution in [3.05, 3.63) is 29.6 Å². The smallest absolute Gasteiger partial charge is 0.320 e. The first-order valence-electron chi connectivity index (χ1n) is 16.1. The Balaban J connectivity index is 2.18. The zero-order chi connectivity index (χ0) is 35.5. The minimum absolute atomic E-state index is 0.134. The van der Waals surface area contributed by atoms with Crippen LogP contribution in [-0.4, -0.2) is 193 Å². The Kier molecular flexibility index (Phi) is 19.6. The molecule has 16 nitrogen and oxygen atoms in total. The number of carboxylic acids is 2. The number of carbonyl (C=O) groups is 2. The Bertz CT molecular complexity index is 1060. The molecular formula is C30H52N8O8S2. The third-order valence-corrected chi connectivity index (χ3v) is 8.83. The van der Waals surface area contributed by atoms with Crippen LogP contribution in [0.25, 0.3) is 0 Å². The molecular weight excluding hydrogens is 665 g/mol. The molecule has 0 fully saturated rings. The topological polar surface area (TPSA) is 209 Å². The third-order valence-electron chi connectivity index (χ3n) is 8.03. The molecule has 0 saturated carbocycles. The van der Waals surface area contributed by atoms with Crippen LogP contribution in [-0.2, 0) is 22.7 Å². The van der Waals surface area contributed by atoms with Gasteiger partial charge >= 0.3 is 11.9 Å². The van der Waals surface area contributed by atoms with Crippen LogP contribution in [0.2, 0.25) is 0 Å². The number of rotatable bonds is 18. The molecule has 0 radical (unpaired) electrons. The molecule has 0 spiro atoms. The first kappa shape index (κ1) is 41.4. The maximum atomic E-state index is 12.5. The van der Waals surface area contributed by atoms with Crippen LogP contribution in [0.1, 0.15) is 24.2 Å². The zero-order valence-electron chi connectivity index (χ0n) is 27.6. The molecule has 272 valence electrons. The fourth-order valence-corrected chi connectivity index (χ4v) is 5.98. The van der Waals surface area contributed by atoms with E-state index in [-0.39, 0.29) is 91.6 Å². The molecule has 1 aromatic rings. The number of hydrogen-bond acceptors (Lipinski definition) is 12. The predicted molar refractivity (Wildman–Crippen MR) is 187 cm³/mol. The van der Waals surface area contributed by atoms with Crippen molar-refractivity contribution in [1.29, 1.82) is 0 Å². The van der Waals surface area contributed by atoms with Gasteiger partial charge in [0.25, 0.3) is 0 Å². The van der Waals surface area contributed by atoms with E-state index < -0.39 is 24.0 Å². The Hall–Kier alpha value is -2.81. The molecule has 0 aromatic carbocycles. The summed E-state index contributed by atoms with van der Waals surface area (Å²) in [4.78, 5) is 38.8. The van der Waals surface area contributed by atoms with Crippen LogP contribution in [0.4, 0.5) is 0 Å². The number of hydrogen-bond donors (Lipinski definition) is 8. The minimum Gasteiger partial charge on any atom is -0.480 e. The molecule has 1 aliphatic rings. The lowest BCUT2D eigenvalue weighted by Gasteiger charge is -2.34. The van der Waals surface area contributed by atoms with Crippen molar-refractivity contribution in [3.8, 4) is 0 Å². The molecule has 2 atom stereocenters. The fraction of sp³-hybridized carbons (Fsp3) is 0.700. The third kappa shape index (κ3) is 14.4. The van der Waals surface area contributed by atoms with E-state index >= 15 is 0 Å². The van der Waals surface area contributed by atoms with E-state index in [1.165, 1.54) is 0 Å². The van der Waals surface area contributed by atoms with Gasteiger partial charge in [-0.05, 0) is 56.5 Å². The first-order valence-corrected chi connectivity index (χ1v) is 16.9. The van der Waals surface area contributed by atoms with E-state index in [0.29, 0.717) is 47.8 Å². The highest BCUT2D eigenvalue weighted by Gasteiger charge is 2.29. The molecule has 1 aromatic heterocycles. The highest BCUT2D eigenvalue weighted by atomic mass is 32.1. The summed E-state index contributed by atoms with van der Waals surface area (Å²) in [6, 6.07) is 3.81. The summed E-state index contributed by atoms with van der Waals surface area (Å²) in [6.45, 7) is 3.46. The monoisotopic (exact) mass is 716 g/mol. The van der Waals surface area contributed by atoms with Crippen molar-refractivity contribution in [3.63, 3.8) is 0 Å². The SMILES string of the molecule is CN1CCN(C(CCNC(=S)N(CCO)CCO)C(=O)O)Cc2cccc(n2)CN(C(CCNC(=S)N(CCO)CCO)C(=O)O)CC1. The molecule has 18 heteroatoms. The van der Waals surface area contributed by atoms with Crippen LogP contribution >= 0.6 is 24.4 Å². The number of thiocarbonyl (C=S) groups is 2. The summed E-state index contributed by atoms with van der Waals surface area (Å²) in [5.41, 5.74) is 1.32. The second-order valence-corrected chi connectivity index (χ2v) is 12.3. The molecule has 2 heterocycles. The van der Waals surface area contributed by atoms with Crippen molar-refractivity contribution in [2.45, 2.75) is 38.0 Å². The summed E-state index contributed by atoms with van der Waals surface area (Å²) >= 11 is 10.8. The second-order valence-electron chi connectivity index (χ2n) is 11.5. The van der Waals surface area contributed by atoms with Gasteiger partial charge in [-0.15, -0.1) is 0 Å². The van der Waals surface area contributed by atoms with Crippen molar-refractivity contribution >= 4 is 46.6 Å². The first-order chi connectivity index (χ1) is 23.0. The van der Waals surface area contributed by atoms with Gasteiger partial charge < -0.3 is 56.0 Å². The molecule has 2 unspecified atom stereocenters. The Morgan fingerprint density at radius 2 is 1.12 bits per heavy atom. The minimum atomic E-state index is -0.976. The Labute approximate surface area is 292 Å². The van der Waals surface area contributed by atoms with Gasteiger partial charge in [0.05, 0.1) is 37.8 Å². The van der Waals surface area contributed by atoms with Crippen LogP contribution in [0, 0.1) is 0 Å². The quantitative estimate of drug-likeness (QED) is 0.0748. The Morgan fingerprint density at radius 1 is 0.750 bits per heavy atom. The van der Waals surface area contributed by atoms with E-state index in [0.717, 1.165) is 0 Å². The number of fused-ring (bicyclic) bond motifs is 2. The van der Waals surface area contributed by atoms with Gasteiger partial charge in [-0.1, -0.05) is 6.07 Å². The molecule has 0 aliphatic carbocycles. The highest BCUT2D eigenvalue weighted by Crippen LogP contribution is 2.16. The van der Waals surface area contributed by atoms with Gasteiger partial charge in [-0.25, -0.2) is 0 Å². The average Bonchev–Trinajstić information content (AvgIpc) is 3.04. The fourth-order valence-electron chi connectivity index (χ4n) is 5.41. The van der Waals surface area contributed by atoms with Crippen LogP contribution in [0.3, 0.4) is 0 Å². The van der Waals surface area contributed by atoms with Crippen LogP contribution in [0.15, 0.2) is 18.2 Å². The van der Waals surface area contributed by atoms with E-state index in [1.807, 2.05) is 39.9 Å². The number of likely N-dealkylation sites (N-methyl/N-ethyl adjacent to an activating group) is 1. The van der Waals surface area contributed by atoms with E-state index in [4.69, 9.17) is 29.4 Å². The summed E-state index contributed by atoms with van der Waals surface area (Å²) in [6.07, 6.45) is 0.489. The number of carboxylic acid groups (broad SMARTS) is 2. The molecule has 2 rings (SSSR count). The molecule has 8 N–H and O–H groups in total. The number of pyridine rings is 1. The summed E-state index contributed by atoms with van der Waals surface area (Å²) in [5, 5.41) is 64.4. The predicted octanol–water partition coefficient (Wildman–Crippen LogP) is -2.36. The summed E-state index contributed by atoms with van der Waals surface area (Å²) in [5.74, 6) is -1.95. The molecule has 2 bridgehead atoms. The lowest BCUT2D eigenvalue weighted by atomic mass is 10.1. The van der Waals surface area contributed by atoms with Gasteiger partial charge in [0.15, 0.2) is 10.2 Å². The number of aliphatic hydroxyl groups excluding tert-OH is 4. The molecule has 0 amide bonds. The van der Waals surface area contributed by atoms with E-state index in [1.54, 1.807) is 9.80 Å². The van der Waals surface area contributed by atoms with Gasteiger partial charge in [-0.3, -0.25) is 24.4 Å². The maximum Gasteiger partial charge on any atom is 0.320 e. The van der Waals surface area contributed by atoms with Crippen LogP contribution in [0.5, 0.6) is 0 Å². The Morgan fingerprint density at radius 3 is 1.46 bits per heavy atom. The second kappa shape index (κ2) is 22.8. The highest BCUT2D eigenvalue weighted by molar-refractivity contribution is 7.80. The largest absolute Gasteiger partial charge is 0.480 e. The number of nitrogens with one attached hydrogen (secondary N) is 2. The van der Waals surface area contributed by atoms with E-state index in [9.17, 15) is 40.2 Å². The van der Waals surface area contributed by atoms with Gasteiger partial charge in [0.2, 0.25) is 0 Å². The number of aromatic nitrogens is 1. The summed E-state index contributed by atoms with van der Waals surface area (Å²) < 4.78 is 0. The van der Waals surface area contributed by atoms with Crippen molar-refractivity contribution in [2.75, 3.05) is 98.9 Å². The number of aliphatic hydroxyl groups is 4. The van der Waals surface area contributed by atoms with Crippen molar-refractivity contribution in [2.24, 2.45) is 0 Å². The lowest BCUT2D eigenvalue weighted by Crippen LogP contribution is -2.49. The number of aliphatic carboxylic acids is 2. The molecule has 0 saturated heterocycles. The van der Waals surface area contributed by atoms with E-state index in [2.05, 4.69) is 10.6 Å². The van der Waals surface area contributed by atoms with Gasteiger partial charge in [0.1, 0.15) is 12.1 Å².